The smallest absolute Gasteiger partial charge is 0.258 e. The molecule has 7 heteroatoms. The van der Waals surface area contributed by atoms with Gasteiger partial charge in [0.1, 0.15) is 17.3 Å². The van der Waals surface area contributed by atoms with Gasteiger partial charge in [-0.15, -0.1) is 0 Å². The van der Waals surface area contributed by atoms with Gasteiger partial charge in [-0.05, 0) is 12.5 Å². The maximum Gasteiger partial charge on any atom is 0.258 e. The Kier molecular flexibility index (Phi) is 3.89. The summed E-state index contributed by atoms with van der Waals surface area (Å²) in [5.74, 6) is 0. The number of aromatic amines is 1. The van der Waals surface area contributed by atoms with E-state index in [2.05, 4.69) is 11.1 Å². The highest BCUT2D eigenvalue weighted by Gasteiger charge is 2.35. The van der Waals surface area contributed by atoms with E-state index in [4.69, 9.17) is 34.8 Å². The molecule has 0 amide bonds. The highest BCUT2D eigenvalue weighted by atomic mass is 35.6. The number of hydrogen-bond donors (Lipinski definition) is 1. The molecule has 4 nitrogen and oxygen atoms in total. The molecule has 0 saturated carbocycles. The molecule has 116 valence electrons. The van der Waals surface area contributed by atoms with E-state index in [0.29, 0.717) is 22.5 Å². The molecule has 1 aromatic carbocycles. The third-order valence-corrected chi connectivity index (χ3v) is 4.03. The Bertz CT molecular complexity index is 992. The van der Waals surface area contributed by atoms with E-state index >= 15 is 0 Å². The lowest BCUT2D eigenvalue weighted by Gasteiger charge is -2.14. The number of hydrogen-bond acceptors (Lipinski definition) is 2. The Labute approximate surface area is 146 Å². The fraction of sp³-hybridized carbons (Fsp3) is 0.125. The second kappa shape index (κ2) is 5.61. The van der Waals surface area contributed by atoms with Gasteiger partial charge in [0.25, 0.3) is 5.56 Å². The first-order chi connectivity index (χ1) is 10.8. The van der Waals surface area contributed by atoms with Crippen LogP contribution in [0.4, 0.5) is 0 Å². The maximum absolute atomic E-state index is 12.4. The number of alkyl halides is 3. The topological polar surface area (TPSA) is 61.1 Å². The van der Waals surface area contributed by atoms with Crippen molar-refractivity contribution < 1.29 is 0 Å². The number of nitrogens with zero attached hydrogens (tertiary/aromatic N) is 2. The average Bonchev–Trinajstić information content (AvgIpc) is 2.82. The van der Waals surface area contributed by atoms with E-state index in [1.807, 2.05) is 18.2 Å². The minimum Gasteiger partial charge on any atom is -0.344 e. The van der Waals surface area contributed by atoms with Crippen LogP contribution in [-0.4, -0.2) is 9.38 Å². The number of H-pyrrole nitrogens is 1. The van der Waals surface area contributed by atoms with Gasteiger partial charge >= 0.3 is 0 Å². The quantitative estimate of drug-likeness (QED) is 0.653. The first-order valence-electron chi connectivity index (χ1n) is 6.65. The van der Waals surface area contributed by atoms with Crippen molar-refractivity contribution in [3.8, 4) is 17.2 Å². The summed E-state index contributed by atoms with van der Waals surface area (Å²) in [4.78, 5) is 15.5. The van der Waals surface area contributed by atoms with Gasteiger partial charge in [0, 0.05) is 17.3 Å². The van der Waals surface area contributed by atoms with Gasteiger partial charge in [-0.1, -0.05) is 65.1 Å². The first kappa shape index (κ1) is 15.9. The molecule has 23 heavy (non-hydrogen) atoms. The molecule has 3 rings (SSSR count). The normalized spacial score (nSPS) is 11.6. The van der Waals surface area contributed by atoms with Crippen molar-refractivity contribution in [2.75, 3.05) is 0 Å². The molecule has 0 fully saturated rings. The monoisotopic (exact) mass is 365 g/mol. The van der Waals surface area contributed by atoms with Crippen LogP contribution in [0.3, 0.4) is 0 Å². The molecule has 3 aromatic rings. The number of aromatic nitrogens is 2. The molecule has 0 spiro atoms. The highest BCUT2D eigenvalue weighted by Crippen LogP contribution is 2.45. The number of benzene rings is 1. The van der Waals surface area contributed by atoms with Crippen molar-refractivity contribution in [2.24, 2.45) is 0 Å². The third-order valence-electron chi connectivity index (χ3n) is 3.49. The number of aryl methyl sites for hydroxylation is 1. The van der Waals surface area contributed by atoms with Crippen molar-refractivity contribution in [3.05, 3.63) is 63.7 Å². The van der Waals surface area contributed by atoms with Crippen molar-refractivity contribution in [2.45, 2.75) is 10.7 Å². The standard InChI is InChI=1S/C16H10Cl3N3O/c1-9-7-12(23)22-14(16(17,18)19)13(10-5-3-2-4-6-10)11(8-20)15(22)21-9/h2-7,21H,1H3. The molecule has 0 saturated heterocycles. The van der Waals surface area contributed by atoms with Crippen LogP contribution < -0.4 is 5.56 Å². The molecule has 1 N–H and O–H groups in total. The van der Waals surface area contributed by atoms with Crippen LogP contribution in [0, 0.1) is 18.3 Å². The van der Waals surface area contributed by atoms with E-state index in [-0.39, 0.29) is 16.8 Å². The number of rotatable bonds is 1. The van der Waals surface area contributed by atoms with E-state index in [1.165, 1.54) is 10.5 Å². The third kappa shape index (κ3) is 2.61. The maximum atomic E-state index is 12.4. The number of nitrogens with one attached hydrogen (secondary N) is 1. The lowest BCUT2D eigenvalue weighted by Crippen LogP contribution is -2.19. The number of nitriles is 1. The van der Waals surface area contributed by atoms with Crippen molar-refractivity contribution >= 4 is 40.4 Å². The zero-order chi connectivity index (χ0) is 16.8. The molecule has 0 atom stereocenters. The Morgan fingerprint density at radius 2 is 1.87 bits per heavy atom. The van der Waals surface area contributed by atoms with Crippen molar-refractivity contribution in [1.29, 1.82) is 5.26 Å². The van der Waals surface area contributed by atoms with Crippen LogP contribution in [0.2, 0.25) is 0 Å². The summed E-state index contributed by atoms with van der Waals surface area (Å²) in [6.07, 6.45) is 0. The predicted octanol–water partition coefficient (Wildman–Crippen LogP) is 4.30. The molecule has 2 heterocycles. The summed E-state index contributed by atoms with van der Waals surface area (Å²) in [5.41, 5.74) is 2.12. The van der Waals surface area contributed by atoms with Crippen LogP contribution in [0.5, 0.6) is 0 Å². The van der Waals surface area contributed by atoms with Gasteiger partial charge in [-0.25, -0.2) is 0 Å². The van der Waals surface area contributed by atoms with Gasteiger partial charge in [0.05, 0.1) is 5.69 Å². The largest absolute Gasteiger partial charge is 0.344 e. The van der Waals surface area contributed by atoms with E-state index < -0.39 is 3.79 Å². The molecule has 0 aliphatic carbocycles. The summed E-state index contributed by atoms with van der Waals surface area (Å²) in [6.45, 7) is 1.73. The number of halogens is 3. The van der Waals surface area contributed by atoms with Crippen LogP contribution in [0.1, 0.15) is 17.0 Å². The van der Waals surface area contributed by atoms with Crippen molar-refractivity contribution in [1.82, 2.24) is 9.38 Å². The van der Waals surface area contributed by atoms with Gasteiger partial charge in [0.2, 0.25) is 3.79 Å². The van der Waals surface area contributed by atoms with Crippen LogP contribution >= 0.6 is 34.8 Å². The molecule has 0 radical (unpaired) electrons. The van der Waals surface area contributed by atoms with Crippen molar-refractivity contribution in [3.63, 3.8) is 0 Å². The van der Waals surface area contributed by atoms with Gasteiger partial charge in [-0.2, -0.15) is 5.26 Å². The van der Waals surface area contributed by atoms with E-state index in [0.717, 1.165) is 0 Å². The number of fused-ring (bicyclic) bond motifs is 1. The molecule has 0 bridgehead atoms. The van der Waals surface area contributed by atoms with Gasteiger partial charge in [-0.3, -0.25) is 9.20 Å². The molecule has 0 aliphatic rings. The van der Waals surface area contributed by atoms with Gasteiger partial charge in [0.15, 0.2) is 0 Å². The first-order valence-corrected chi connectivity index (χ1v) is 7.79. The summed E-state index contributed by atoms with van der Waals surface area (Å²) in [5, 5.41) is 9.62. The summed E-state index contributed by atoms with van der Waals surface area (Å²) >= 11 is 18.4. The Balaban J connectivity index is 2.60. The minimum atomic E-state index is -1.87. The Morgan fingerprint density at radius 3 is 2.43 bits per heavy atom. The minimum absolute atomic E-state index is 0.154. The fourth-order valence-corrected chi connectivity index (χ4v) is 3.18. The Hall–Kier alpha value is -1.93. The molecule has 0 aliphatic heterocycles. The highest BCUT2D eigenvalue weighted by molar-refractivity contribution is 6.67. The summed E-state index contributed by atoms with van der Waals surface area (Å²) < 4.78 is -0.619. The SMILES string of the molecule is Cc1cc(=O)n2c(C(Cl)(Cl)Cl)c(-c3ccccc3)c(C#N)c2[nH]1. The average molecular weight is 367 g/mol. The second-order valence-electron chi connectivity index (χ2n) is 5.05. The van der Waals surface area contributed by atoms with Crippen LogP contribution in [-0.2, 0) is 3.79 Å². The Morgan fingerprint density at radius 1 is 1.22 bits per heavy atom. The zero-order valence-corrected chi connectivity index (χ0v) is 14.2. The lowest BCUT2D eigenvalue weighted by molar-refractivity contribution is 0.958. The van der Waals surface area contributed by atoms with E-state index in [9.17, 15) is 10.1 Å². The second-order valence-corrected chi connectivity index (χ2v) is 7.33. The molecular weight excluding hydrogens is 357 g/mol. The molecule has 0 unspecified atom stereocenters. The lowest BCUT2D eigenvalue weighted by atomic mass is 10.0. The van der Waals surface area contributed by atoms with Crippen LogP contribution in [0.15, 0.2) is 41.2 Å². The summed E-state index contributed by atoms with van der Waals surface area (Å²) in [7, 11) is 0. The fourth-order valence-electron chi connectivity index (χ4n) is 2.65. The van der Waals surface area contributed by atoms with Gasteiger partial charge < -0.3 is 4.98 Å². The summed E-state index contributed by atoms with van der Waals surface area (Å²) in [6, 6.07) is 12.6. The molecule has 2 aromatic heterocycles. The van der Waals surface area contributed by atoms with Crippen LogP contribution in [0.25, 0.3) is 16.8 Å². The molecular formula is C16H10Cl3N3O. The zero-order valence-electron chi connectivity index (χ0n) is 11.9. The predicted molar refractivity (Wildman–Crippen MR) is 92.1 cm³/mol. The van der Waals surface area contributed by atoms with E-state index in [1.54, 1.807) is 19.1 Å².